The van der Waals surface area contributed by atoms with Gasteiger partial charge in [0.25, 0.3) is 0 Å². The summed E-state index contributed by atoms with van der Waals surface area (Å²) in [7, 11) is 0. The van der Waals surface area contributed by atoms with E-state index in [1.54, 1.807) is 12.1 Å². The van der Waals surface area contributed by atoms with Gasteiger partial charge in [0, 0.05) is 0 Å². The molecule has 4 nitrogen and oxygen atoms in total. The maximum absolute atomic E-state index is 8.29. The number of epoxide rings is 2. The lowest BCUT2D eigenvalue weighted by atomic mass is 10.2. The van der Waals surface area contributed by atoms with Gasteiger partial charge in [0.15, 0.2) is 0 Å². The Hall–Kier alpha value is -1.41. The molecule has 2 heterocycles. The molecule has 0 N–H and O–H groups in total. The highest BCUT2D eigenvalue weighted by Crippen LogP contribution is 2.12. The highest BCUT2D eigenvalue weighted by atomic mass is 16.6. The molecule has 3 rings (SSSR count). The van der Waals surface area contributed by atoms with Crippen LogP contribution in [-0.2, 0) is 14.2 Å². The number of nitriles is 1. The quantitative estimate of drug-likeness (QED) is 0.737. The summed E-state index contributed by atoms with van der Waals surface area (Å²) in [6, 6.07) is 11.2. The molecule has 0 amide bonds. The van der Waals surface area contributed by atoms with Gasteiger partial charge in [-0.05, 0) is 12.1 Å². The zero-order chi connectivity index (χ0) is 11.9. The van der Waals surface area contributed by atoms with Gasteiger partial charge in [-0.1, -0.05) is 18.2 Å². The summed E-state index contributed by atoms with van der Waals surface area (Å²) in [4.78, 5) is 0. The van der Waals surface area contributed by atoms with Crippen LogP contribution in [0.5, 0.6) is 0 Å². The molecule has 0 aromatic heterocycles. The molecule has 2 aliphatic rings. The first-order valence-corrected chi connectivity index (χ1v) is 5.64. The molecule has 0 bridgehead atoms. The Morgan fingerprint density at radius 3 is 2.00 bits per heavy atom. The lowest BCUT2D eigenvalue weighted by molar-refractivity contribution is 0.102. The fourth-order valence-corrected chi connectivity index (χ4v) is 1.17. The summed E-state index contributed by atoms with van der Waals surface area (Å²) < 4.78 is 15.1. The molecule has 0 saturated carbocycles. The van der Waals surface area contributed by atoms with E-state index in [-0.39, 0.29) is 0 Å². The van der Waals surface area contributed by atoms with E-state index in [1.165, 1.54) is 0 Å². The fourth-order valence-electron chi connectivity index (χ4n) is 1.17. The second kappa shape index (κ2) is 6.36. The Morgan fingerprint density at radius 2 is 1.65 bits per heavy atom. The van der Waals surface area contributed by atoms with E-state index in [9.17, 15) is 0 Å². The Bertz CT molecular complexity index is 354. The summed E-state index contributed by atoms with van der Waals surface area (Å²) in [6.45, 7) is 3.26. The normalized spacial score (nSPS) is 24.2. The third-order valence-corrected chi connectivity index (χ3v) is 2.32. The van der Waals surface area contributed by atoms with Crippen molar-refractivity contribution in [3.05, 3.63) is 35.9 Å². The minimum absolute atomic E-state index is 0.392. The zero-order valence-electron chi connectivity index (χ0n) is 9.54. The molecule has 2 aliphatic heterocycles. The van der Waals surface area contributed by atoms with E-state index < -0.39 is 0 Å². The van der Waals surface area contributed by atoms with Gasteiger partial charge in [-0.15, -0.1) is 0 Å². The molecule has 2 saturated heterocycles. The zero-order valence-corrected chi connectivity index (χ0v) is 9.54. The van der Waals surface area contributed by atoms with Crippen molar-refractivity contribution in [2.45, 2.75) is 12.2 Å². The number of nitrogens with zero attached hydrogens (tertiary/aromatic N) is 1. The van der Waals surface area contributed by atoms with Crippen LogP contribution in [0.2, 0.25) is 0 Å². The lowest BCUT2D eigenvalue weighted by Crippen LogP contribution is -2.06. The summed E-state index contributed by atoms with van der Waals surface area (Å²) in [5.41, 5.74) is 0.715. The average molecular weight is 233 g/mol. The number of benzene rings is 1. The Morgan fingerprint density at radius 1 is 1.12 bits per heavy atom. The summed E-state index contributed by atoms with van der Waals surface area (Å²) in [5, 5.41) is 8.29. The third-order valence-electron chi connectivity index (χ3n) is 2.32. The van der Waals surface area contributed by atoms with Crippen LogP contribution in [0, 0.1) is 11.3 Å². The van der Waals surface area contributed by atoms with Gasteiger partial charge in [0.2, 0.25) is 0 Å². The van der Waals surface area contributed by atoms with Crippen LogP contribution in [0.3, 0.4) is 0 Å². The predicted octanol–water partition coefficient (Wildman–Crippen LogP) is 1.36. The summed E-state index contributed by atoms with van der Waals surface area (Å²) in [6.07, 6.45) is 0.785. The average Bonchev–Trinajstić information content (AvgIpc) is 3.25. The molecule has 0 aliphatic carbocycles. The van der Waals surface area contributed by atoms with Gasteiger partial charge >= 0.3 is 0 Å². The molecule has 90 valence electrons. The van der Waals surface area contributed by atoms with E-state index in [0.29, 0.717) is 17.8 Å². The van der Waals surface area contributed by atoms with E-state index in [0.717, 1.165) is 26.4 Å². The van der Waals surface area contributed by atoms with Crippen LogP contribution in [-0.4, -0.2) is 38.6 Å². The predicted molar refractivity (Wildman–Crippen MR) is 61.5 cm³/mol. The van der Waals surface area contributed by atoms with Gasteiger partial charge in [0.05, 0.1) is 38.1 Å². The van der Waals surface area contributed by atoms with E-state index in [2.05, 4.69) is 0 Å². The first-order valence-electron chi connectivity index (χ1n) is 5.64. The third kappa shape index (κ3) is 5.45. The molecule has 0 radical (unpaired) electrons. The first-order chi connectivity index (χ1) is 8.38. The molecular weight excluding hydrogens is 218 g/mol. The standard InChI is InChI=1S/C7H5N.C6H10O3/c8-6-7-4-2-1-3-5-7;1(5-3-8-5)7-2-6-4-9-6/h1-5H;5-6H,1-4H2. The maximum Gasteiger partial charge on any atom is 0.104 e. The molecule has 1 aromatic carbocycles. The minimum Gasteiger partial charge on any atom is -0.376 e. The smallest absolute Gasteiger partial charge is 0.104 e. The van der Waals surface area contributed by atoms with Crippen LogP contribution in [0.4, 0.5) is 0 Å². The van der Waals surface area contributed by atoms with Crippen molar-refractivity contribution in [1.29, 1.82) is 5.26 Å². The second-order valence-electron chi connectivity index (χ2n) is 3.93. The number of ether oxygens (including phenoxy) is 3. The first kappa shape index (κ1) is 12.1. The monoisotopic (exact) mass is 233 g/mol. The van der Waals surface area contributed by atoms with Crippen LogP contribution in [0.15, 0.2) is 30.3 Å². The van der Waals surface area contributed by atoms with Crippen molar-refractivity contribution in [2.75, 3.05) is 26.4 Å². The van der Waals surface area contributed by atoms with Gasteiger partial charge < -0.3 is 14.2 Å². The fraction of sp³-hybridized carbons (Fsp3) is 0.462. The number of rotatable bonds is 4. The molecular formula is C13H15NO3. The molecule has 1 aromatic rings. The second-order valence-corrected chi connectivity index (χ2v) is 3.93. The Labute approximate surface area is 101 Å². The van der Waals surface area contributed by atoms with Crippen LogP contribution >= 0.6 is 0 Å². The van der Waals surface area contributed by atoms with Gasteiger partial charge in [-0.3, -0.25) is 0 Å². The highest BCUT2D eigenvalue weighted by molar-refractivity contribution is 5.27. The van der Waals surface area contributed by atoms with Crippen molar-refractivity contribution in [3.8, 4) is 6.07 Å². The van der Waals surface area contributed by atoms with E-state index in [4.69, 9.17) is 19.5 Å². The highest BCUT2D eigenvalue weighted by Gasteiger charge is 2.26. The minimum atomic E-state index is 0.392. The summed E-state index contributed by atoms with van der Waals surface area (Å²) in [5.74, 6) is 0. The maximum atomic E-state index is 8.29. The Balaban J connectivity index is 0.000000128. The molecule has 17 heavy (non-hydrogen) atoms. The molecule has 2 atom stereocenters. The van der Waals surface area contributed by atoms with Gasteiger partial charge in [-0.25, -0.2) is 0 Å². The van der Waals surface area contributed by atoms with Crippen molar-refractivity contribution in [2.24, 2.45) is 0 Å². The van der Waals surface area contributed by atoms with Crippen molar-refractivity contribution < 1.29 is 14.2 Å². The largest absolute Gasteiger partial charge is 0.376 e. The van der Waals surface area contributed by atoms with E-state index in [1.807, 2.05) is 24.3 Å². The topological polar surface area (TPSA) is 58.1 Å². The molecule has 2 unspecified atom stereocenters. The van der Waals surface area contributed by atoms with Crippen molar-refractivity contribution in [3.63, 3.8) is 0 Å². The Kier molecular flexibility index (Phi) is 4.51. The van der Waals surface area contributed by atoms with Crippen molar-refractivity contribution >= 4 is 0 Å². The van der Waals surface area contributed by atoms with E-state index >= 15 is 0 Å². The SMILES string of the molecule is C(OCC1CO1)C1CO1.N#Cc1ccccc1. The molecule has 0 spiro atoms. The van der Waals surface area contributed by atoms with Crippen LogP contribution in [0.25, 0.3) is 0 Å². The lowest BCUT2D eigenvalue weighted by Gasteiger charge is -1.95. The summed E-state index contributed by atoms with van der Waals surface area (Å²) >= 11 is 0. The molecule has 2 fully saturated rings. The molecule has 4 heteroatoms. The van der Waals surface area contributed by atoms with Crippen molar-refractivity contribution in [1.82, 2.24) is 0 Å². The van der Waals surface area contributed by atoms with Crippen LogP contribution < -0.4 is 0 Å². The van der Waals surface area contributed by atoms with Gasteiger partial charge in [-0.2, -0.15) is 5.26 Å². The number of hydrogen-bond acceptors (Lipinski definition) is 4. The van der Waals surface area contributed by atoms with Crippen LogP contribution in [0.1, 0.15) is 5.56 Å². The van der Waals surface area contributed by atoms with Gasteiger partial charge in [0.1, 0.15) is 12.2 Å². The number of hydrogen-bond donors (Lipinski definition) is 0.